The number of halogens is 2. The van der Waals surface area contributed by atoms with Gasteiger partial charge in [-0.1, -0.05) is 52.7 Å². The predicted molar refractivity (Wildman–Crippen MR) is 116 cm³/mol. The zero-order chi connectivity index (χ0) is 19.7. The van der Waals surface area contributed by atoms with Crippen molar-refractivity contribution in [3.05, 3.63) is 87.7 Å². The molecule has 28 heavy (non-hydrogen) atoms. The second kappa shape index (κ2) is 7.87. The maximum absolute atomic E-state index is 13.4. The molecule has 1 amide bonds. The van der Waals surface area contributed by atoms with E-state index < -0.39 is 0 Å². The second-order valence-electron chi connectivity index (χ2n) is 6.29. The summed E-state index contributed by atoms with van der Waals surface area (Å²) in [5.41, 5.74) is 3.13. The number of anilines is 1. The number of benzene rings is 2. The first-order valence-electron chi connectivity index (χ1n) is 8.55. The van der Waals surface area contributed by atoms with E-state index in [1.54, 1.807) is 29.3 Å². The van der Waals surface area contributed by atoms with Crippen molar-refractivity contribution in [3.63, 3.8) is 0 Å². The average molecular weight is 428 g/mol. The van der Waals surface area contributed by atoms with Crippen molar-refractivity contribution >= 4 is 55.8 Å². The molecule has 0 spiro atoms. The summed E-state index contributed by atoms with van der Waals surface area (Å²) in [6.07, 6.45) is 1.71. The van der Waals surface area contributed by atoms with Gasteiger partial charge in [0.1, 0.15) is 0 Å². The third kappa shape index (κ3) is 3.87. The molecule has 4 nitrogen and oxygen atoms in total. The van der Waals surface area contributed by atoms with E-state index in [0.29, 0.717) is 27.3 Å². The SMILES string of the molecule is Cc1cccc2sc(N(Cc3ccccn3)C(=O)c3cc(Cl)cc(Cl)c3)nc12. The fraction of sp³-hybridized carbons (Fsp3) is 0.0952. The topological polar surface area (TPSA) is 46.1 Å². The van der Waals surface area contributed by atoms with Gasteiger partial charge in [0.2, 0.25) is 0 Å². The largest absolute Gasteiger partial charge is 0.278 e. The van der Waals surface area contributed by atoms with Crippen LogP contribution in [0.4, 0.5) is 5.13 Å². The highest BCUT2D eigenvalue weighted by Crippen LogP contribution is 2.32. The molecule has 2 aromatic carbocycles. The van der Waals surface area contributed by atoms with Crippen LogP contribution in [0.3, 0.4) is 0 Å². The minimum atomic E-state index is -0.230. The number of aryl methyl sites for hydroxylation is 1. The monoisotopic (exact) mass is 427 g/mol. The van der Waals surface area contributed by atoms with Crippen molar-refractivity contribution in [2.75, 3.05) is 4.90 Å². The van der Waals surface area contributed by atoms with Crippen molar-refractivity contribution in [1.82, 2.24) is 9.97 Å². The van der Waals surface area contributed by atoms with Crippen LogP contribution < -0.4 is 4.90 Å². The smallest absolute Gasteiger partial charge is 0.260 e. The lowest BCUT2D eigenvalue weighted by Gasteiger charge is -2.20. The predicted octanol–water partition coefficient (Wildman–Crippen LogP) is 6.15. The summed E-state index contributed by atoms with van der Waals surface area (Å²) in [7, 11) is 0. The number of carbonyl (C=O) groups excluding carboxylic acids is 1. The summed E-state index contributed by atoms with van der Waals surface area (Å²) < 4.78 is 1.03. The number of hydrogen-bond acceptors (Lipinski definition) is 4. The lowest BCUT2D eigenvalue weighted by Crippen LogP contribution is -2.30. The minimum Gasteiger partial charge on any atom is -0.278 e. The Balaban J connectivity index is 1.80. The molecule has 0 aliphatic carbocycles. The molecule has 0 aliphatic heterocycles. The molecule has 0 unspecified atom stereocenters. The van der Waals surface area contributed by atoms with E-state index in [4.69, 9.17) is 28.2 Å². The van der Waals surface area contributed by atoms with Gasteiger partial charge in [-0.05, 0) is 48.9 Å². The zero-order valence-corrected chi connectivity index (χ0v) is 17.2. The fourth-order valence-electron chi connectivity index (χ4n) is 2.90. The highest BCUT2D eigenvalue weighted by molar-refractivity contribution is 7.22. The van der Waals surface area contributed by atoms with Crippen LogP contribution in [-0.2, 0) is 6.54 Å². The molecule has 140 valence electrons. The molecule has 0 bridgehead atoms. The zero-order valence-electron chi connectivity index (χ0n) is 14.9. The third-order valence-electron chi connectivity index (χ3n) is 4.24. The first kappa shape index (κ1) is 18.9. The first-order chi connectivity index (χ1) is 13.5. The van der Waals surface area contributed by atoms with Crippen molar-refractivity contribution < 1.29 is 4.79 Å². The molecule has 0 fully saturated rings. The molecule has 2 heterocycles. The van der Waals surface area contributed by atoms with E-state index in [2.05, 4.69) is 4.98 Å². The highest BCUT2D eigenvalue weighted by Gasteiger charge is 2.23. The molecule has 0 atom stereocenters. The molecule has 2 aromatic heterocycles. The first-order valence-corrected chi connectivity index (χ1v) is 10.1. The van der Waals surface area contributed by atoms with Gasteiger partial charge in [0, 0.05) is 21.8 Å². The lowest BCUT2D eigenvalue weighted by molar-refractivity contribution is 0.0985. The molecule has 0 saturated heterocycles. The molecule has 0 aliphatic rings. The summed E-state index contributed by atoms with van der Waals surface area (Å²) in [6.45, 7) is 2.30. The average Bonchev–Trinajstić information content (AvgIpc) is 3.11. The van der Waals surface area contributed by atoms with Gasteiger partial charge in [0.15, 0.2) is 5.13 Å². The molecule has 0 N–H and O–H groups in total. The molecule has 0 saturated carbocycles. The number of amides is 1. The summed E-state index contributed by atoms with van der Waals surface area (Å²) in [6, 6.07) is 16.4. The molecule has 4 aromatic rings. The van der Waals surface area contributed by atoms with E-state index in [1.165, 1.54) is 11.3 Å². The maximum Gasteiger partial charge on any atom is 0.260 e. The van der Waals surface area contributed by atoms with Gasteiger partial charge in [0.25, 0.3) is 5.91 Å². The Morgan fingerprint density at radius 3 is 2.54 bits per heavy atom. The number of carbonyl (C=O) groups is 1. The number of nitrogens with zero attached hydrogens (tertiary/aromatic N) is 3. The Labute approximate surface area is 176 Å². The number of fused-ring (bicyclic) bond motifs is 1. The van der Waals surface area contributed by atoms with Gasteiger partial charge in [0.05, 0.1) is 22.5 Å². The molecule has 4 rings (SSSR count). The number of rotatable bonds is 4. The van der Waals surface area contributed by atoms with Crippen LogP contribution >= 0.6 is 34.5 Å². The van der Waals surface area contributed by atoms with Gasteiger partial charge < -0.3 is 0 Å². The van der Waals surface area contributed by atoms with E-state index in [9.17, 15) is 4.79 Å². The van der Waals surface area contributed by atoms with Crippen LogP contribution in [0.2, 0.25) is 10.0 Å². The van der Waals surface area contributed by atoms with E-state index in [1.807, 2.05) is 43.3 Å². The molecule has 0 radical (unpaired) electrons. The Bertz CT molecular complexity index is 1140. The quantitative estimate of drug-likeness (QED) is 0.392. The van der Waals surface area contributed by atoms with Crippen LogP contribution in [0.15, 0.2) is 60.8 Å². The molecular weight excluding hydrogens is 413 g/mol. The maximum atomic E-state index is 13.4. The van der Waals surface area contributed by atoms with Crippen LogP contribution in [0.5, 0.6) is 0 Å². The second-order valence-corrected chi connectivity index (χ2v) is 8.17. The van der Waals surface area contributed by atoms with Crippen LogP contribution in [0.25, 0.3) is 10.2 Å². The normalized spacial score (nSPS) is 11.0. The van der Waals surface area contributed by atoms with Crippen molar-refractivity contribution in [1.29, 1.82) is 0 Å². The van der Waals surface area contributed by atoms with Gasteiger partial charge >= 0.3 is 0 Å². The highest BCUT2D eigenvalue weighted by atomic mass is 35.5. The summed E-state index contributed by atoms with van der Waals surface area (Å²) in [4.78, 5) is 24.1. The number of pyridine rings is 1. The van der Waals surface area contributed by atoms with Crippen LogP contribution in [0, 0.1) is 6.92 Å². The van der Waals surface area contributed by atoms with E-state index in [-0.39, 0.29) is 5.91 Å². The Kier molecular flexibility index (Phi) is 5.31. The third-order valence-corrected chi connectivity index (χ3v) is 5.72. The number of para-hydroxylation sites is 1. The van der Waals surface area contributed by atoms with E-state index >= 15 is 0 Å². The summed E-state index contributed by atoms with van der Waals surface area (Å²) in [5, 5.41) is 1.43. The van der Waals surface area contributed by atoms with Gasteiger partial charge in [-0.3, -0.25) is 14.7 Å². The van der Waals surface area contributed by atoms with Crippen molar-refractivity contribution in [3.8, 4) is 0 Å². The lowest BCUT2D eigenvalue weighted by atomic mass is 10.2. The van der Waals surface area contributed by atoms with Gasteiger partial charge in [-0.25, -0.2) is 4.98 Å². The molecular formula is C21H15Cl2N3OS. The fourth-order valence-corrected chi connectivity index (χ4v) is 4.47. The summed E-state index contributed by atoms with van der Waals surface area (Å²) >= 11 is 13.7. The number of hydrogen-bond donors (Lipinski definition) is 0. The van der Waals surface area contributed by atoms with Crippen LogP contribution in [-0.4, -0.2) is 15.9 Å². The standard InChI is InChI=1S/C21H15Cl2N3OS/c1-13-5-4-7-18-19(13)25-21(28-18)26(12-17-6-2-3-8-24-17)20(27)14-9-15(22)11-16(23)10-14/h2-11H,12H2,1H3. The minimum absolute atomic E-state index is 0.230. The van der Waals surface area contributed by atoms with Crippen molar-refractivity contribution in [2.45, 2.75) is 13.5 Å². The van der Waals surface area contributed by atoms with Crippen LogP contribution in [0.1, 0.15) is 21.6 Å². The van der Waals surface area contributed by atoms with Gasteiger partial charge in [-0.2, -0.15) is 0 Å². The van der Waals surface area contributed by atoms with Gasteiger partial charge in [-0.15, -0.1) is 0 Å². The molecule has 7 heteroatoms. The van der Waals surface area contributed by atoms with E-state index in [0.717, 1.165) is 21.5 Å². The number of aromatic nitrogens is 2. The Hall–Kier alpha value is -2.47. The summed E-state index contributed by atoms with van der Waals surface area (Å²) in [5.74, 6) is -0.230. The Morgan fingerprint density at radius 1 is 1.07 bits per heavy atom. The Morgan fingerprint density at radius 2 is 1.86 bits per heavy atom. The van der Waals surface area contributed by atoms with Crippen molar-refractivity contribution in [2.24, 2.45) is 0 Å². The number of thiazole rings is 1.